The number of hydrogen-bond acceptors (Lipinski definition) is 2. The molecule has 0 aliphatic heterocycles. The Labute approximate surface area is 109 Å². The Morgan fingerprint density at radius 2 is 1.62 bits per heavy atom. The summed E-state index contributed by atoms with van der Waals surface area (Å²) in [6.07, 6.45) is -3.94. The molecule has 1 rings (SSSR count). The molecular formula is C9H11Cl3NO2P. The highest BCUT2D eigenvalue weighted by Gasteiger charge is 2.04. The molecule has 0 saturated heterocycles. The second-order valence-electron chi connectivity index (χ2n) is 2.97. The molecule has 0 unspecified atom stereocenters. The quantitative estimate of drug-likeness (QED) is 0.455. The van der Waals surface area contributed by atoms with E-state index < -0.39 is 6.07 Å². The van der Waals surface area contributed by atoms with Crippen LogP contribution in [0.4, 0.5) is 0 Å². The molecule has 0 spiro atoms. The van der Waals surface area contributed by atoms with Gasteiger partial charge in [-0.3, -0.25) is 0 Å². The zero-order chi connectivity index (χ0) is 12.8. The lowest BCUT2D eigenvalue weighted by Crippen LogP contribution is -2.07. The zero-order valence-corrected chi connectivity index (χ0v) is 11.9. The van der Waals surface area contributed by atoms with Crippen LogP contribution in [0.5, 0.6) is 0 Å². The number of rotatable bonds is 1. The Kier molecular flexibility index (Phi) is 7.29. The fourth-order valence-electron chi connectivity index (χ4n) is 0.834. The third-order valence-electron chi connectivity index (χ3n) is 1.40. The van der Waals surface area contributed by atoms with Crippen LogP contribution in [0, 0.1) is 0 Å². The van der Waals surface area contributed by atoms with Gasteiger partial charge in [0.05, 0.1) is 5.56 Å². The fraction of sp³-hybridized carbons (Fsp3) is 0.222. The average Bonchev–Trinajstić information content (AvgIpc) is 2.15. The van der Waals surface area contributed by atoms with Crippen molar-refractivity contribution in [3.63, 3.8) is 0 Å². The molecule has 16 heavy (non-hydrogen) atoms. The minimum absolute atomic E-state index is 0.769. The monoisotopic (exact) mass is 301 g/mol. The van der Waals surface area contributed by atoms with Crippen LogP contribution in [0.15, 0.2) is 30.3 Å². The van der Waals surface area contributed by atoms with Crippen molar-refractivity contribution in [1.82, 2.24) is 0 Å². The third kappa shape index (κ3) is 9.20. The number of nitrogens with zero attached hydrogens (tertiary/aromatic N) is 1. The molecule has 0 radical (unpaired) electrons. The van der Waals surface area contributed by atoms with Crippen LogP contribution in [-0.2, 0) is 4.57 Å². The van der Waals surface area contributed by atoms with Crippen molar-refractivity contribution in [2.45, 2.75) is 0 Å². The van der Waals surface area contributed by atoms with Gasteiger partial charge in [-0.05, 0) is 23.7 Å². The van der Waals surface area contributed by atoms with Gasteiger partial charge in [-0.1, -0.05) is 40.7 Å². The molecule has 7 heteroatoms. The van der Waals surface area contributed by atoms with Gasteiger partial charge in [0, 0.05) is 0 Å². The lowest BCUT2D eigenvalue weighted by Gasteiger charge is -1.98. The van der Waals surface area contributed by atoms with Gasteiger partial charge < -0.3 is 9.46 Å². The van der Waals surface area contributed by atoms with Gasteiger partial charge >= 0.3 is 0 Å². The Hall–Kier alpha value is -0.0500. The van der Waals surface area contributed by atoms with E-state index >= 15 is 0 Å². The molecule has 0 aliphatic carbocycles. The Bertz CT molecular complexity index is 390. The molecule has 0 bridgehead atoms. The normalized spacial score (nSPS) is 10.1. The highest BCUT2D eigenvalue weighted by atomic mass is 35.9. The summed E-state index contributed by atoms with van der Waals surface area (Å²) >= 11 is 14.6. The summed E-state index contributed by atoms with van der Waals surface area (Å²) in [5.41, 5.74) is 1.05. The van der Waals surface area contributed by atoms with E-state index in [4.69, 9.17) is 11.6 Å². The SMILES string of the molecule is C[N+](C)=C(Cl)c1ccccc1.O=P([O-])(Cl)Cl. The molecule has 90 valence electrons. The first kappa shape index (κ1) is 16.0. The van der Waals surface area contributed by atoms with E-state index in [0.717, 1.165) is 10.7 Å². The van der Waals surface area contributed by atoms with E-state index in [-0.39, 0.29) is 0 Å². The Morgan fingerprint density at radius 3 is 1.94 bits per heavy atom. The maximum absolute atomic E-state index is 9.19. The van der Waals surface area contributed by atoms with Gasteiger partial charge in [0.25, 0.3) is 5.17 Å². The topological polar surface area (TPSA) is 43.1 Å². The molecule has 1 aromatic rings. The van der Waals surface area contributed by atoms with Gasteiger partial charge in [-0.2, -0.15) is 0 Å². The summed E-state index contributed by atoms with van der Waals surface area (Å²) in [5.74, 6) is 0. The standard InChI is InChI=1S/C9H11ClN.Cl2HO2P/c1-11(2)9(10)8-6-4-3-5-7-8;1-5(2,3)4/h3-7H,1-2H3;(H,3,4)/q+1;/p-1. The minimum atomic E-state index is -3.94. The highest BCUT2D eigenvalue weighted by molar-refractivity contribution is 8.03. The smallest absolute Gasteiger partial charge is 0.276 e. The van der Waals surface area contributed by atoms with Crippen LogP contribution in [0.1, 0.15) is 5.56 Å². The van der Waals surface area contributed by atoms with E-state index in [1.807, 2.05) is 49.0 Å². The summed E-state index contributed by atoms with van der Waals surface area (Å²) in [5, 5.41) is 0.769. The molecule has 0 fully saturated rings. The largest absolute Gasteiger partial charge is 0.776 e. The van der Waals surface area contributed by atoms with Gasteiger partial charge in [0.1, 0.15) is 14.1 Å². The number of halogens is 3. The molecule has 3 nitrogen and oxygen atoms in total. The van der Waals surface area contributed by atoms with Crippen molar-refractivity contribution in [2.75, 3.05) is 14.1 Å². The summed E-state index contributed by atoms with van der Waals surface area (Å²) in [7, 11) is 3.85. The van der Waals surface area contributed by atoms with E-state index in [1.165, 1.54) is 0 Å². The molecule has 1 aromatic carbocycles. The first-order valence-corrected chi connectivity index (χ1v) is 7.98. The third-order valence-corrected chi connectivity index (χ3v) is 1.96. The lowest BCUT2D eigenvalue weighted by molar-refractivity contribution is -0.461. The van der Waals surface area contributed by atoms with Crippen LogP contribution >= 0.6 is 40.2 Å². The summed E-state index contributed by atoms with van der Waals surface area (Å²) in [4.78, 5) is 9.19. The van der Waals surface area contributed by atoms with Crippen molar-refractivity contribution in [3.8, 4) is 0 Å². The first-order valence-electron chi connectivity index (χ1n) is 4.17. The van der Waals surface area contributed by atoms with Crippen LogP contribution in [-0.4, -0.2) is 23.8 Å². The van der Waals surface area contributed by atoms with Crippen molar-refractivity contribution < 1.29 is 14.0 Å². The van der Waals surface area contributed by atoms with Crippen molar-refractivity contribution in [2.24, 2.45) is 0 Å². The highest BCUT2D eigenvalue weighted by Crippen LogP contribution is 2.46. The Morgan fingerprint density at radius 1 is 1.25 bits per heavy atom. The van der Waals surface area contributed by atoms with E-state index in [0.29, 0.717) is 0 Å². The van der Waals surface area contributed by atoms with Gasteiger partial charge in [0.2, 0.25) is 0 Å². The summed E-state index contributed by atoms with van der Waals surface area (Å²) in [6, 6.07) is 9.90. The van der Waals surface area contributed by atoms with Crippen LogP contribution in [0.3, 0.4) is 0 Å². The van der Waals surface area contributed by atoms with E-state index in [2.05, 4.69) is 22.5 Å². The van der Waals surface area contributed by atoms with Gasteiger partial charge in [-0.15, -0.1) is 0 Å². The second-order valence-corrected chi connectivity index (χ2v) is 7.34. The second kappa shape index (κ2) is 7.31. The van der Waals surface area contributed by atoms with Gasteiger partial charge in [-0.25, -0.2) is 4.58 Å². The summed E-state index contributed by atoms with van der Waals surface area (Å²) in [6.45, 7) is 0. The number of benzene rings is 1. The number of hydrogen-bond donors (Lipinski definition) is 0. The average molecular weight is 303 g/mol. The molecular weight excluding hydrogens is 291 g/mol. The maximum Gasteiger partial charge on any atom is 0.276 e. The van der Waals surface area contributed by atoms with Crippen molar-refractivity contribution in [3.05, 3.63) is 35.9 Å². The molecule has 0 aromatic heterocycles. The lowest BCUT2D eigenvalue weighted by atomic mass is 10.2. The maximum atomic E-state index is 9.19. The predicted octanol–water partition coefficient (Wildman–Crippen LogP) is 2.88. The minimum Gasteiger partial charge on any atom is -0.776 e. The predicted molar refractivity (Wildman–Crippen MR) is 67.8 cm³/mol. The molecule has 0 heterocycles. The van der Waals surface area contributed by atoms with Crippen LogP contribution in [0.2, 0.25) is 0 Å². The zero-order valence-electron chi connectivity index (χ0n) is 8.73. The molecule has 0 saturated carbocycles. The molecule has 0 aliphatic rings. The Balaban J connectivity index is 0.000000385. The first-order chi connectivity index (χ1) is 7.22. The fourth-order valence-corrected chi connectivity index (χ4v) is 0.960. The summed E-state index contributed by atoms with van der Waals surface area (Å²) < 4.78 is 11.1. The van der Waals surface area contributed by atoms with Crippen molar-refractivity contribution in [1.29, 1.82) is 0 Å². The molecule has 0 N–H and O–H groups in total. The van der Waals surface area contributed by atoms with Crippen molar-refractivity contribution >= 4 is 45.3 Å². The van der Waals surface area contributed by atoms with E-state index in [9.17, 15) is 9.46 Å². The van der Waals surface area contributed by atoms with Gasteiger partial charge in [0.15, 0.2) is 6.07 Å². The van der Waals surface area contributed by atoms with E-state index in [1.54, 1.807) is 0 Å². The van der Waals surface area contributed by atoms with Crippen LogP contribution in [0.25, 0.3) is 0 Å². The molecule has 0 atom stereocenters. The van der Waals surface area contributed by atoms with Crippen LogP contribution < -0.4 is 4.89 Å². The molecule has 0 amide bonds.